The Morgan fingerprint density at radius 2 is 1.89 bits per heavy atom. The van der Waals surface area contributed by atoms with Crippen molar-refractivity contribution < 1.29 is 34.1 Å². The molecule has 36 heavy (non-hydrogen) atoms. The van der Waals surface area contributed by atoms with E-state index in [2.05, 4.69) is 10.6 Å². The van der Waals surface area contributed by atoms with Crippen LogP contribution in [0.15, 0.2) is 24.3 Å². The molecule has 1 saturated carbocycles. The topological polar surface area (TPSA) is 149 Å². The second-order valence-electron chi connectivity index (χ2n) is 9.76. The molecule has 2 unspecified atom stereocenters. The van der Waals surface area contributed by atoms with E-state index in [-0.39, 0.29) is 19.0 Å². The van der Waals surface area contributed by atoms with Crippen molar-refractivity contribution in [1.82, 2.24) is 20.4 Å². The summed E-state index contributed by atoms with van der Waals surface area (Å²) < 4.78 is 5.60. The summed E-state index contributed by atoms with van der Waals surface area (Å²) in [6.45, 7) is 2.67. The molecule has 196 valence electrons. The van der Waals surface area contributed by atoms with E-state index in [1.807, 2.05) is 31.2 Å². The third-order valence-electron chi connectivity index (χ3n) is 6.95. The number of likely N-dealkylation sites (tertiary alicyclic amines) is 1. The van der Waals surface area contributed by atoms with Crippen molar-refractivity contribution in [2.24, 2.45) is 0 Å². The van der Waals surface area contributed by atoms with Gasteiger partial charge in [-0.05, 0) is 36.8 Å². The summed E-state index contributed by atoms with van der Waals surface area (Å²) in [7, 11) is 0. The Morgan fingerprint density at radius 1 is 1.17 bits per heavy atom. The molecule has 2 heterocycles. The Bertz CT molecular complexity index is 998. The van der Waals surface area contributed by atoms with Crippen LogP contribution in [0.3, 0.4) is 0 Å². The lowest BCUT2D eigenvalue weighted by Gasteiger charge is -2.29. The molecule has 4 rings (SSSR count). The molecular weight excluding hydrogens is 468 g/mol. The van der Waals surface area contributed by atoms with Gasteiger partial charge in [-0.1, -0.05) is 37.6 Å². The fourth-order valence-electron chi connectivity index (χ4n) is 4.77. The average Bonchev–Trinajstić information content (AvgIpc) is 3.58. The SMILES string of the molecule is CCCC(NC(=O)N1C[C@@H](OC(=O)N2CCc3ccccc3C2)C[C@@H]1C(=O)O)C(O)C(=O)NC1CC1. The first-order valence-electron chi connectivity index (χ1n) is 12.6. The van der Waals surface area contributed by atoms with Gasteiger partial charge in [-0.3, -0.25) is 4.79 Å². The van der Waals surface area contributed by atoms with Crippen LogP contribution >= 0.6 is 0 Å². The molecular formula is C25H34N4O7. The molecule has 1 aromatic carbocycles. The highest BCUT2D eigenvalue weighted by Crippen LogP contribution is 2.25. The molecule has 1 aliphatic carbocycles. The molecule has 3 aliphatic rings. The highest BCUT2D eigenvalue weighted by atomic mass is 16.6. The van der Waals surface area contributed by atoms with Gasteiger partial charge >= 0.3 is 18.1 Å². The Balaban J connectivity index is 1.36. The van der Waals surface area contributed by atoms with Crippen molar-refractivity contribution in [2.75, 3.05) is 13.1 Å². The van der Waals surface area contributed by atoms with Gasteiger partial charge in [0.15, 0.2) is 6.10 Å². The lowest BCUT2D eigenvalue weighted by molar-refractivity contribution is -0.141. The van der Waals surface area contributed by atoms with Gasteiger partial charge in [0, 0.05) is 25.6 Å². The summed E-state index contributed by atoms with van der Waals surface area (Å²) in [6, 6.07) is 5.14. The normalized spacial score (nSPS) is 22.8. The zero-order chi connectivity index (χ0) is 25.8. The van der Waals surface area contributed by atoms with E-state index in [1.165, 1.54) is 5.56 Å². The second-order valence-corrected chi connectivity index (χ2v) is 9.76. The fraction of sp³-hybridized carbons (Fsp3) is 0.600. The molecule has 11 heteroatoms. The Morgan fingerprint density at radius 3 is 2.56 bits per heavy atom. The standard InChI is InChI=1S/C25H34N4O7/c1-2-5-19(21(30)22(31)26-17-8-9-17)27-24(34)29-14-18(12-20(29)23(32)33)36-25(35)28-11-10-15-6-3-4-7-16(15)13-28/h3-4,6-7,17-21,30H,2,5,8-14H2,1H3,(H,26,31)(H,27,34)(H,32,33)/t18-,19?,20+,21?/m0/s1. The molecule has 0 spiro atoms. The van der Waals surface area contributed by atoms with Crippen LogP contribution in [0.2, 0.25) is 0 Å². The summed E-state index contributed by atoms with van der Waals surface area (Å²) in [5.74, 6) is -1.77. The van der Waals surface area contributed by atoms with Crippen LogP contribution < -0.4 is 10.6 Å². The Kier molecular flexibility index (Phi) is 7.97. The number of ether oxygens (including phenoxy) is 1. The van der Waals surface area contributed by atoms with Crippen molar-refractivity contribution >= 4 is 24.0 Å². The quantitative estimate of drug-likeness (QED) is 0.418. The highest BCUT2D eigenvalue weighted by Gasteiger charge is 2.43. The number of aliphatic hydroxyl groups is 1. The van der Waals surface area contributed by atoms with Gasteiger partial charge < -0.3 is 35.4 Å². The number of fused-ring (bicyclic) bond motifs is 1. The second kappa shape index (κ2) is 11.2. The number of aliphatic carboxylic acids is 1. The predicted octanol–water partition coefficient (Wildman–Crippen LogP) is 1.23. The van der Waals surface area contributed by atoms with Crippen molar-refractivity contribution in [3.63, 3.8) is 0 Å². The molecule has 0 bridgehead atoms. The third-order valence-corrected chi connectivity index (χ3v) is 6.95. The summed E-state index contributed by atoms with van der Waals surface area (Å²) in [4.78, 5) is 52.7. The number of rotatable bonds is 8. The van der Waals surface area contributed by atoms with Gasteiger partial charge in [-0.25, -0.2) is 14.4 Å². The number of benzene rings is 1. The molecule has 1 aromatic rings. The molecule has 2 aliphatic heterocycles. The number of nitrogens with one attached hydrogen (secondary N) is 2. The van der Waals surface area contributed by atoms with E-state index >= 15 is 0 Å². The fourth-order valence-corrected chi connectivity index (χ4v) is 4.77. The Labute approximate surface area is 209 Å². The summed E-state index contributed by atoms with van der Waals surface area (Å²) in [6.07, 6.45) is 0.552. The number of carbonyl (C=O) groups is 4. The summed E-state index contributed by atoms with van der Waals surface area (Å²) in [5.41, 5.74) is 2.23. The largest absolute Gasteiger partial charge is 0.480 e. The van der Waals surface area contributed by atoms with Gasteiger partial charge in [-0.15, -0.1) is 0 Å². The number of carboxylic acids is 1. The summed E-state index contributed by atoms with van der Waals surface area (Å²) in [5, 5.41) is 25.5. The molecule has 1 saturated heterocycles. The van der Waals surface area contributed by atoms with Crippen molar-refractivity contribution in [2.45, 2.75) is 82.3 Å². The molecule has 0 aromatic heterocycles. The van der Waals surface area contributed by atoms with E-state index in [1.54, 1.807) is 4.90 Å². The van der Waals surface area contributed by atoms with Crippen molar-refractivity contribution in [3.8, 4) is 0 Å². The number of nitrogens with zero attached hydrogens (tertiary/aromatic N) is 2. The number of hydrogen-bond acceptors (Lipinski definition) is 6. The molecule has 4 N–H and O–H groups in total. The van der Waals surface area contributed by atoms with Gasteiger partial charge in [0.1, 0.15) is 12.1 Å². The van der Waals surface area contributed by atoms with E-state index in [4.69, 9.17) is 4.74 Å². The zero-order valence-corrected chi connectivity index (χ0v) is 20.4. The summed E-state index contributed by atoms with van der Waals surface area (Å²) >= 11 is 0. The van der Waals surface area contributed by atoms with Gasteiger partial charge in [0.2, 0.25) is 0 Å². The number of hydrogen-bond donors (Lipinski definition) is 4. The monoisotopic (exact) mass is 502 g/mol. The maximum atomic E-state index is 13.0. The minimum atomic E-state index is -1.45. The van der Waals surface area contributed by atoms with E-state index in [0.717, 1.165) is 23.3 Å². The van der Waals surface area contributed by atoms with Crippen LogP contribution in [0, 0.1) is 0 Å². The van der Waals surface area contributed by atoms with Crippen LogP contribution in [0.25, 0.3) is 0 Å². The lowest BCUT2D eigenvalue weighted by atomic mass is 10.0. The number of carboxylic acid groups (broad SMARTS) is 1. The first-order chi connectivity index (χ1) is 17.3. The van der Waals surface area contributed by atoms with E-state index in [0.29, 0.717) is 32.4 Å². The molecule has 11 nitrogen and oxygen atoms in total. The number of amides is 4. The van der Waals surface area contributed by atoms with E-state index < -0.39 is 48.3 Å². The van der Waals surface area contributed by atoms with Crippen molar-refractivity contribution in [1.29, 1.82) is 0 Å². The van der Waals surface area contributed by atoms with Crippen LogP contribution in [-0.4, -0.2) is 87.4 Å². The van der Waals surface area contributed by atoms with Gasteiger partial charge in [0.25, 0.3) is 5.91 Å². The number of aliphatic hydroxyl groups excluding tert-OH is 1. The maximum Gasteiger partial charge on any atom is 0.410 e. The van der Waals surface area contributed by atoms with Gasteiger partial charge in [0.05, 0.1) is 12.6 Å². The Hall–Kier alpha value is -3.34. The van der Waals surface area contributed by atoms with Crippen molar-refractivity contribution in [3.05, 3.63) is 35.4 Å². The van der Waals surface area contributed by atoms with Crippen LogP contribution in [0.5, 0.6) is 0 Å². The minimum Gasteiger partial charge on any atom is -0.480 e. The van der Waals surface area contributed by atoms with Crippen LogP contribution in [0.1, 0.15) is 50.2 Å². The molecule has 2 fully saturated rings. The smallest absolute Gasteiger partial charge is 0.410 e. The third kappa shape index (κ3) is 6.07. The molecule has 4 atom stereocenters. The molecule has 4 amide bonds. The minimum absolute atomic E-state index is 0.0396. The number of urea groups is 1. The van der Waals surface area contributed by atoms with Gasteiger partial charge in [-0.2, -0.15) is 0 Å². The first kappa shape index (κ1) is 25.7. The number of carbonyl (C=O) groups excluding carboxylic acids is 3. The van der Waals surface area contributed by atoms with E-state index in [9.17, 15) is 29.4 Å². The molecule has 0 radical (unpaired) electrons. The average molecular weight is 503 g/mol. The lowest BCUT2D eigenvalue weighted by Crippen LogP contribution is -2.55. The predicted molar refractivity (Wildman–Crippen MR) is 128 cm³/mol. The maximum absolute atomic E-state index is 13.0. The zero-order valence-electron chi connectivity index (χ0n) is 20.4. The highest BCUT2D eigenvalue weighted by molar-refractivity contribution is 5.86. The van der Waals surface area contributed by atoms with Crippen LogP contribution in [-0.2, 0) is 27.3 Å². The van der Waals surface area contributed by atoms with Crippen LogP contribution in [0.4, 0.5) is 9.59 Å². The first-order valence-corrected chi connectivity index (χ1v) is 12.6.